The van der Waals surface area contributed by atoms with Crippen molar-refractivity contribution in [2.45, 2.75) is 13.5 Å². The predicted molar refractivity (Wildman–Crippen MR) is 96.4 cm³/mol. The van der Waals surface area contributed by atoms with Gasteiger partial charge in [0, 0.05) is 12.1 Å². The van der Waals surface area contributed by atoms with Crippen LogP contribution in [0.5, 0.6) is 5.75 Å². The van der Waals surface area contributed by atoms with Gasteiger partial charge in [0.15, 0.2) is 0 Å². The second-order valence-corrected chi connectivity index (χ2v) is 6.47. The summed E-state index contributed by atoms with van der Waals surface area (Å²) >= 11 is 1.30. The van der Waals surface area contributed by atoms with Gasteiger partial charge in [-0.3, -0.25) is 4.79 Å². The van der Waals surface area contributed by atoms with Gasteiger partial charge in [0.05, 0.1) is 12.8 Å². The lowest BCUT2D eigenvalue weighted by molar-refractivity contribution is 0.0954. The maximum atomic E-state index is 13.0. The lowest BCUT2D eigenvalue weighted by Gasteiger charge is -2.06. The van der Waals surface area contributed by atoms with Crippen molar-refractivity contribution in [2.24, 2.45) is 0 Å². The molecule has 2 aromatic carbocycles. The summed E-state index contributed by atoms with van der Waals surface area (Å²) in [5, 5.41) is 3.60. The molecule has 0 saturated heterocycles. The molecule has 0 radical (unpaired) electrons. The van der Waals surface area contributed by atoms with Crippen molar-refractivity contribution in [1.29, 1.82) is 0 Å². The number of carbonyl (C=O) groups excluding carboxylic acids is 1. The van der Waals surface area contributed by atoms with Gasteiger partial charge in [-0.2, -0.15) is 0 Å². The molecular weight excluding hydrogens is 339 g/mol. The van der Waals surface area contributed by atoms with Gasteiger partial charge >= 0.3 is 0 Å². The number of aromatic nitrogens is 1. The molecule has 128 valence electrons. The maximum absolute atomic E-state index is 13.0. The first-order valence-corrected chi connectivity index (χ1v) is 8.53. The zero-order chi connectivity index (χ0) is 17.8. The van der Waals surface area contributed by atoms with Crippen molar-refractivity contribution in [3.8, 4) is 16.3 Å². The normalized spacial score (nSPS) is 10.5. The van der Waals surface area contributed by atoms with Crippen LogP contribution in [0.4, 0.5) is 4.39 Å². The monoisotopic (exact) mass is 356 g/mol. The number of hydrogen-bond acceptors (Lipinski definition) is 4. The first-order valence-electron chi connectivity index (χ1n) is 7.71. The lowest BCUT2D eigenvalue weighted by atomic mass is 10.2. The Hall–Kier alpha value is -2.73. The predicted octanol–water partition coefficient (Wildman–Crippen LogP) is 4.20. The zero-order valence-electron chi connectivity index (χ0n) is 13.9. The third kappa shape index (κ3) is 4.03. The average molecular weight is 356 g/mol. The van der Waals surface area contributed by atoms with Crippen LogP contribution in [0.25, 0.3) is 10.6 Å². The average Bonchev–Trinajstić information content (AvgIpc) is 3.02. The molecule has 3 aromatic rings. The van der Waals surface area contributed by atoms with E-state index >= 15 is 0 Å². The Morgan fingerprint density at radius 3 is 2.72 bits per heavy atom. The Bertz CT molecular complexity index is 891. The number of halogens is 1. The van der Waals surface area contributed by atoms with Gasteiger partial charge in [0.1, 0.15) is 21.5 Å². The minimum Gasteiger partial charge on any atom is -0.497 e. The number of aryl methyl sites for hydroxylation is 1. The first-order chi connectivity index (χ1) is 12.1. The van der Waals surface area contributed by atoms with E-state index in [1.54, 1.807) is 26.2 Å². The molecule has 3 rings (SSSR count). The van der Waals surface area contributed by atoms with Gasteiger partial charge in [0.2, 0.25) is 0 Å². The summed E-state index contributed by atoms with van der Waals surface area (Å²) in [4.78, 5) is 17.4. The molecule has 0 unspecified atom stereocenters. The molecule has 25 heavy (non-hydrogen) atoms. The van der Waals surface area contributed by atoms with Crippen LogP contribution in [-0.2, 0) is 6.54 Å². The van der Waals surface area contributed by atoms with E-state index in [1.165, 1.54) is 23.5 Å². The smallest absolute Gasteiger partial charge is 0.263 e. The van der Waals surface area contributed by atoms with Crippen LogP contribution in [-0.4, -0.2) is 18.0 Å². The second kappa shape index (κ2) is 7.44. The quantitative estimate of drug-likeness (QED) is 0.745. The first kappa shape index (κ1) is 17.1. The number of rotatable bonds is 5. The second-order valence-electron chi connectivity index (χ2n) is 5.47. The van der Waals surface area contributed by atoms with Crippen molar-refractivity contribution in [3.63, 3.8) is 0 Å². The summed E-state index contributed by atoms with van der Waals surface area (Å²) in [6.45, 7) is 2.20. The van der Waals surface area contributed by atoms with Crippen LogP contribution in [0.3, 0.4) is 0 Å². The fourth-order valence-electron chi connectivity index (χ4n) is 2.37. The zero-order valence-corrected chi connectivity index (χ0v) is 14.7. The number of benzene rings is 2. The number of thiazole rings is 1. The highest BCUT2D eigenvalue weighted by Gasteiger charge is 2.16. The minimum absolute atomic E-state index is 0.175. The minimum atomic E-state index is -0.298. The van der Waals surface area contributed by atoms with Crippen LogP contribution in [0, 0.1) is 12.7 Å². The van der Waals surface area contributed by atoms with E-state index in [0.717, 1.165) is 16.9 Å². The van der Waals surface area contributed by atoms with Gasteiger partial charge in [-0.1, -0.05) is 12.1 Å². The third-order valence-electron chi connectivity index (χ3n) is 3.68. The molecule has 0 bridgehead atoms. The molecule has 1 N–H and O–H groups in total. The number of nitrogens with zero attached hydrogens (tertiary/aromatic N) is 1. The van der Waals surface area contributed by atoms with Gasteiger partial charge in [-0.25, -0.2) is 9.37 Å². The van der Waals surface area contributed by atoms with Crippen LogP contribution in [0.1, 0.15) is 20.9 Å². The lowest BCUT2D eigenvalue weighted by Crippen LogP contribution is -2.22. The van der Waals surface area contributed by atoms with Crippen molar-refractivity contribution in [2.75, 3.05) is 7.11 Å². The van der Waals surface area contributed by atoms with Crippen molar-refractivity contribution >= 4 is 17.2 Å². The van der Waals surface area contributed by atoms with Crippen molar-refractivity contribution < 1.29 is 13.9 Å². The highest BCUT2D eigenvalue weighted by Crippen LogP contribution is 2.28. The van der Waals surface area contributed by atoms with E-state index in [1.807, 2.05) is 24.3 Å². The summed E-state index contributed by atoms with van der Waals surface area (Å²) in [6.07, 6.45) is 0. The Balaban J connectivity index is 1.73. The number of ether oxygens (including phenoxy) is 1. The number of hydrogen-bond donors (Lipinski definition) is 1. The number of carbonyl (C=O) groups is 1. The SMILES string of the molecule is COc1cccc(CNC(=O)c2sc(-c3ccc(F)cc3)nc2C)c1. The van der Waals surface area contributed by atoms with E-state index in [4.69, 9.17) is 4.74 Å². The van der Waals surface area contributed by atoms with E-state index in [-0.39, 0.29) is 11.7 Å². The third-order valence-corrected chi connectivity index (χ3v) is 4.89. The number of methoxy groups -OCH3 is 1. The molecule has 1 aromatic heterocycles. The van der Waals surface area contributed by atoms with Crippen LogP contribution < -0.4 is 10.1 Å². The van der Waals surface area contributed by atoms with E-state index in [2.05, 4.69) is 10.3 Å². The molecular formula is C19H17FN2O2S. The van der Waals surface area contributed by atoms with Crippen molar-refractivity contribution in [1.82, 2.24) is 10.3 Å². The fraction of sp³-hybridized carbons (Fsp3) is 0.158. The largest absolute Gasteiger partial charge is 0.497 e. The summed E-state index contributed by atoms with van der Waals surface area (Å²) < 4.78 is 18.2. The Kier molecular flexibility index (Phi) is 5.09. The van der Waals surface area contributed by atoms with Crippen LogP contribution in [0.15, 0.2) is 48.5 Å². The molecule has 1 amide bonds. The Morgan fingerprint density at radius 2 is 2.00 bits per heavy atom. The summed E-state index contributed by atoms with van der Waals surface area (Å²) in [6, 6.07) is 13.6. The molecule has 1 heterocycles. The molecule has 0 fully saturated rings. The molecule has 0 aliphatic carbocycles. The Morgan fingerprint density at radius 1 is 1.24 bits per heavy atom. The molecule has 0 saturated carbocycles. The topological polar surface area (TPSA) is 51.2 Å². The van der Waals surface area contributed by atoms with Gasteiger partial charge in [-0.05, 0) is 48.9 Å². The fourth-order valence-corrected chi connectivity index (χ4v) is 3.36. The van der Waals surface area contributed by atoms with E-state index in [0.29, 0.717) is 22.1 Å². The molecule has 0 aliphatic rings. The summed E-state index contributed by atoms with van der Waals surface area (Å²) in [5.41, 5.74) is 2.41. The van der Waals surface area contributed by atoms with Crippen molar-refractivity contribution in [3.05, 3.63) is 70.5 Å². The maximum Gasteiger partial charge on any atom is 0.263 e. The Labute approximate surface area is 149 Å². The van der Waals surface area contributed by atoms with E-state index < -0.39 is 0 Å². The number of nitrogens with one attached hydrogen (secondary N) is 1. The highest BCUT2D eigenvalue weighted by atomic mass is 32.1. The molecule has 4 nitrogen and oxygen atoms in total. The molecule has 0 atom stereocenters. The molecule has 0 aliphatic heterocycles. The molecule has 6 heteroatoms. The van der Waals surface area contributed by atoms with Gasteiger partial charge < -0.3 is 10.1 Å². The number of amides is 1. The van der Waals surface area contributed by atoms with E-state index in [9.17, 15) is 9.18 Å². The standard InChI is InChI=1S/C19H17FN2O2S/c1-12-17(25-19(22-12)14-6-8-15(20)9-7-14)18(23)21-11-13-4-3-5-16(10-13)24-2/h3-10H,11H2,1-2H3,(H,21,23). The summed E-state index contributed by atoms with van der Waals surface area (Å²) in [5.74, 6) is 0.277. The highest BCUT2D eigenvalue weighted by molar-refractivity contribution is 7.17. The van der Waals surface area contributed by atoms with Crippen LogP contribution >= 0.6 is 11.3 Å². The van der Waals surface area contributed by atoms with Gasteiger partial charge in [0.25, 0.3) is 5.91 Å². The van der Waals surface area contributed by atoms with Gasteiger partial charge in [-0.15, -0.1) is 11.3 Å². The summed E-state index contributed by atoms with van der Waals surface area (Å²) in [7, 11) is 1.61. The molecule has 0 spiro atoms. The van der Waals surface area contributed by atoms with Crippen LogP contribution in [0.2, 0.25) is 0 Å².